The van der Waals surface area contributed by atoms with E-state index >= 15 is 0 Å². The molecular formula is C13H12BrF2N3. The molecule has 0 bridgehead atoms. The van der Waals surface area contributed by atoms with Crippen molar-refractivity contribution in [2.24, 2.45) is 0 Å². The second-order valence-electron chi connectivity index (χ2n) is 3.94. The Labute approximate surface area is 118 Å². The van der Waals surface area contributed by atoms with Gasteiger partial charge in [0.2, 0.25) is 0 Å². The van der Waals surface area contributed by atoms with E-state index in [1.54, 1.807) is 6.07 Å². The molecule has 100 valence electrons. The van der Waals surface area contributed by atoms with E-state index in [1.165, 1.54) is 7.05 Å². The van der Waals surface area contributed by atoms with Gasteiger partial charge in [0.05, 0.1) is 0 Å². The molecule has 0 aliphatic carbocycles. The summed E-state index contributed by atoms with van der Waals surface area (Å²) in [7, 11) is 1.53. The average Bonchev–Trinajstić information content (AvgIpc) is 2.38. The maximum Gasteiger partial charge on any atom is 0.169 e. The van der Waals surface area contributed by atoms with Crippen LogP contribution in [0.4, 0.5) is 26.1 Å². The average molecular weight is 328 g/mol. The van der Waals surface area contributed by atoms with Gasteiger partial charge in [-0.3, -0.25) is 0 Å². The number of nitrogens with one attached hydrogen (secondary N) is 2. The first kappa shape index (κ1) is 13.7. The lowest BCUT2D eigenvalue weighted by Crippen LogP contribution is -2.04. The molecule has 3 nitrogen and oxygen atoms in total. The SMILES string of the molecule is CNc1nc(Nc2cccc(Br)c2C)c(F)cc1F. The maximum absolute atomic E-state index is 13.7. The van der Waals surface area contributed by atoms with Gasteiger partial charge < -0.3 is 10.6 Å². The van der Waals surface area contributed by atoms with Crippen molar-refractivity contribution in [3.05, 3.63) is 45.9 Å². The van der Waals surface area contributed by atoms with Crippen LogP contribution in [-0.4, -0.2) is 12.0 Å². The fourth-order valence-electron chi connectivity index (χ4n) is 1.60. The van der Waals surface area contributed by atoms with Gasteiger partial charge >= 0.3 is 0 Å². The minimum atomic E-state index is -0.740. The summed E-state index contributed by atoms with van der Waals surface area (Å²) >= 11 is 3.39. The number of nitrogens with zero attached hydrogens (tertiary/aromatic N) is 1. The van der Waals surface area contributed by atoms with Crippen LogP contribution in [0.1, 0.15) is 5.56 Å². The van der Waals surface area contributed by atoms with Crippen LogP contribution in [0.15, 0.2) is 28.7 Å². The normalized spacial score (nSPS) is 10.4. The molecule has 19 heavy (non-hydrogen) atoms. The Bertz CT molecular complexity index is 617. The first-order valence-corrected chi connectivity index (χ1v) is 6.38. The van der Waals surface area contributed by atoms with Crippen LogP contribution in [0, 0.1) is 18.6 Å². The number of benzene rings is 1. The molecule has 2 N–H and O–H groups in total. The van der Waals surface area contributed by atoms with Crippen molar-refractivity contribution in [1.82, 2.24) is 4.98 Å². The van der Waals surface area contributed by atoms with E-state index in [1.807, 2.05) is 19.1 Å². The number of anilines is 3. The van der Waals surface area contributed by atoms with Crippen LogP contribution in [0.2, 0.25) is 0 Å². The minimum absolute atomic E-state index is 0.00319. The minimum Gasteiger partial charge on any atom is -0.371 e. The number of rotatable bonds is 3. The van der Waals surface area contributed by atoms with Crippen LogP contribution in [0.5, 0.6) is 0 Å². The zero-order valence-electron chi connectivity index (χ0n) is 10.4. The van der Waals surface area contributed by atoms with Crippen molar-refractivity contribution in [2.45, 2.75) is 6.92 Å². The van der Waals surface area contributed by atoms with Gasteiger partial charge in [0.15, 0.2) is 23.3 Å². The molecule has 0 amide bonds. The Morgan fingerprint density at radius 2 is 1.84 bits per heavy atom. The molecule has 0 saturated carbocycles. The van der Waals surface area contributed by atoms with Gasteiger partial charge in [-0.2, -0.15) is 0 Å². The van der Waals surface area contributed by atoms with Crippen LogP contribution in [0.25, 0.3) is 0 Å². The summed E-state index contributed by atoms with van der Waals surface area (Å²) in [6.45, 7) is 1.88. The molecule has 2 rings (SSSR count). The molecule has 1 heterocycles. The Kier molecular flexibility index (Phi) is 3.99. The summed E-state index contributed by atoms with van der Waals surface area (Å²) in [4.78, 5) is 3.87. The van der Waals surface area contributed by atoms with Crippen molar-refractivity contribution in [3.8, 4) is 0 Å². The number of hydrogen-bond acceptors (Lipinski definition) is 3. The van der Waals surface area contributed by atoms with Gasteiger partial charge in [-0.15, -0.1) is 0 Å². The van der Waals surface area contributed by atoms with Crippen molar-refractivity contribution < 1.29 is 8.78 Å². The molecule has 0 spiro atoms. The van der Waals surface area contributed by atoms with E-state index in [0.29, 0.717) is 5.69 Å². The predicted molar refractivity (Wildman–Crippen MR) is 75.9 cm³/mol. The third-order valence-electron chi connectivity index (χ3n) is 2.69. The highest BCUT2D eigenvalue weighted by Gasteiger charge is 2.12. The summed E-state index contributed by atoms with van der Waals surface area (Å²) in [5.74, 6) is -1.49. The molecule has 2 aromatic rings. The Morgan fingerprint density at radius 1 is 1.16 bits per heavy atom. The Morgan fingerprint density at radius 3 is 2.53 bits per heavy atom. The van der Waals surface area contributed by atoms with Crippen molar-refractivity contribution in [3.63, 3.8) is 0 Å². The fourth-order valence-corrected chi connectivity index (χ4v) is 1.97. The second-order valence-corrected chi connectivity index (χ2v) is 4.79. The van der Waals surface area contributed by atoms with Gasteiger partial charge in [0.1, 0.15) is 0 Å². The smallest absolute Gasteiger partial charge is 0.169 e. The second kappa shape index (κ2) is 5.52. The maximum atomic E-state index is 13.7. The van der Waals surface area contributed by atoms with Crippen molar-refractivity contribution >= 4 is 33.3 Å². The van der Waals surface area contributed by atoms with E-state index in [9.17, 15) is 8.78 Å². The monoisotopic (exact) mass is 327 g/mol. The zero-order chi connectivity index (χ0) is 14.0. The first-order valence-electron chi connectivity index (χ1n) is 5.59. The van der Waals surface area contributed by atoms with E-state index in [2.05, 4.69) is 31.5 Å². The van der Waals surface area contributed by atoms with Gasteiger partial charge in [-0.1, -0.05) is 22.0 Å². The molecule has 0 atom stereocenters. The highest BCUT2D eigenvalue weighted by atomic mass is 79.9. The molecule has 0 fully saturated rings. The molecule has 0 unspecified atom stereocenters. The summed E-state index contributed by atoms with van der Waals surface area (Å²) in [5, 5.41) is 5.43. The summed E-state index contributed by atoms with van der Waals surface area (Å²) in [6.07, 6.45) is 0. The topological polar surface area (TPSA) is 37.0 Å². The Hall–Kier alpha value is -1.69. The highest BCUT2D eigenvalue weighted by Crippen LogP contribution is 2.28. The largest absolute Gasteiger partial charge is 0.371 e. The lowest BCUT2D eigenvalue weighted by atomic mass is 10.2. The van der Waals surface area contributed by atoms with Gasteiger partial charge in [0.25, 0.3) is 0 Å². The molecule has 0 saturated heterocycles. The van der Waals surface area contributed by atoms with Crippen LogP contribution in [0.3, 0.4) is 0 Å². The lowest BCUT2D eigenvalue weighted by molar-refractivity contribution is 0.580. The standard InChI is InChI=1S/C13H12BrF2N3/c1-7-8(14)4-3-5-11(7)18-13-10(16)6-9(15)12(17-2)19-13/h3-6H,1-2H3,(H2,17,18,19). The van der Waals surface area contributed by atoms with Gasteiger partial charge in [0, 0.05) is 23.3 Å². The third-order valence-corrected chi connectivity index (χ3v) is 3.55. The molecule has 1 aromatic carbocycles. The van der Waals surface area contributed by atoms with Crippen LogP contribution >= 0.6 is 15.9 Å². The van der Waals surface area contributed by atoms with Crippen LogP contribution in [-0.2, 0) is 0 Å². The summed E-state index contributed by atoms with van der Waals surface area (Å²) < 4.78 is 27.9. The molecule has 0 radical (unpaired) electrons. The summed E-state index contributed by atoms with van der Waals surface area (Å²) in [5.41, 5.74) is 1.62. The highest BCUT2D eigenvalue weighted by molar-refractivity contribution is 9.10. The number of hydrogen-bond donors (Lipinski definition) is 2. The predicted octanol–water partition coefficient (Wildman–Crippen LogP) is 4.22. The van der Waals surface area contributed by atoms with Gasteiger partial charge in [-0.05, 0) is 24.6 Å². The summed E-state index contributed by atoms with van der Waals surface area (Å²) in [6, 6.07) is 6.30. The number of aromatic nitrogens is 1. The lowest BCUT2D eigenvalue weighted by Gasteiger charge is -2.12. The fraction of sp³-hybridized carbons (Fsp3) is 0.154. The van der Waals surface area contributed by atoms with E-state index < -0.39 is 11.6 Å². The molecular weight excluding hydrogens is 316 g/mol. The third kappa shape index (κ3) is 2.84. The molecule has 1 aromatic heterocycles. The van der Waals surface area contributed by atoms with Crippen molar-refractivity contribution in [1.29, 1.82) is 0 Å². The zero-order valence-corrected chi connectivity index (χ0v) is 12.0. The van der Waals surface area contributed by atoms with E-state index in [4.69, 9.17) is 0 Å². The number of pyridine rings is 1. The number of halogens is 3. The molecule has 0 aliphatic heterocycles. The van der Waals surface area contributed by atoms with E-state index in [0.717, 1.165) is 16.1 Å². The molecule has 0 aliphatic rings. The van der Waals surface area contributed by atoms with Gasteiger partial charge in [-0.25, -0.2) is 13.8 Å². The Balaban J connectivity index is 2.41. The van der Waals surface area contributed by atoms with Crippen LogP contribution < -0.4 is 10.6 Å². The quantitative estimate of drug-likeness (QED) is 0.886. The first-order chi connectivity index (χ1) is 9.02. The van der Waals surface area contributed by atoms with E-state index in [-0.39, 0.29) is 11.6 Å². The van der Waals surface area contributed by atoms with Crippen molar-refractivity contribution in [2.75, 3.05) is 17.7 Å². The molecule has 6 heteroatoms.